The maximum Gasteiger partial charge on any atom is 0.251 e. The molecule has 22 heavy (non-hydrogen) atoms. The second-order valence-corrected chi connectivity index (χ2v) is 6.55. The van der Waals surface area contributed by atoms with E-state index in [1.165, 1.54) is 23.4 Å². The Labute approximate surface area is 133 Å². The summed E-state index contributed by atoms with van der Waals surface area (Å²) in [6, 6.07) is 8.71. The molecule has 3 rings (SSSR count). The quantitative estimate of drug-likeness (QED) is 0.944. The van der Waals surface area contributed by atoms with Crippen molar-refractivity contribution in [2.45, 2.75) is 32.1 Å². The van der Waals surface area contributed by atoms with Crippen molar-refractivity contribution in [3.63, 3.8) is 0 Å². The van der Waals surface area contributed by atoms with E-state index in [1.807, 2.05) is 6.07 Å². The summed E-state index contributed by atoms with van der Waals surface area (Å²) >= 11 is 1.79. The normalized spacial score (nSPS) is 13.2. The molecule has 0 aliphatic heterocycles. The number of thiazole rings is 1. The first-order valence-electron chi connectivity index (χ1n) is 7.52. The molecule has 0 bridgehead atoms. The number of nitrogens with zero attached hydrogens (tertiary/aromatic N) is 2. The van der Waals surface area contributed by atoms with Crippen LogP contribution in [0.25, 0.3) is 0 Å². The summed E-state index contributed by atoms with van der Waals surface area (Å²) in [5, 5.41) is 12.8. The molecule has 1 aromatic carbocycles. The molecule has 1 heterocycles. The van der Waals surface area contributed by atoms with Crippen molar-refractivity contribution in [2.24, 2.45) is 0 Å². The van der Waals surface area contributed by atoms with Gasteiger partial charge in [-0.25, -0.2) is 4.98 Å². The molecule has 0 fully saturated rings. The molecule has 4 nitrogen and oxygen atoms in total. The molecule has 1 amide bonds. The number of carbonyl (C=O) groups is 1. The number of amides is 1. The van der Waals surface area contributed by atoms with Gasteiger partial charge in [0.25, 0.3) is 5.91 Å². The molecule has 1 aliphatic rings. The summed E-state index contributed by atoms with van der Waals surface area (Å²) in [5.41, 5.74) is 2.41. The van der Waals surface area contributed by atoms with Gasteiger partial charge in [-0.15, -0.1) is 11.3 Å². The molecular weight excluding hydrogens is 294 g/mol. The topological polar surface area (TPSA) is 65.8 Å². The van der Waals surface area contributed by atoms with E-state index >= 15 is 0 Å². The molecular formula is C17H17N3OS. The van der Waals surface area contributed by atoms with Crippen LogP contribution in [0, 0.1) is 11.3 Å². The summed E-state index contributed by atoms with van der Waals surface area (Å²) in [5.74, 6) is -0.106. The van der Waals surface area contributed by atoms with Crippen LogP contribution in [0.2, 0.25) is 0 Å². The molecule has 2 aromatic rings. The third-order valence-electron chi connectivity index (χ3n) is 3.79. The zero-order valence-electron chi connectivity index (χ0n) is 12.3. The number of nitrogens with one attached hydrogen (secondary N) is 1. The second-order valence-electron chi connectivity index (χ2n) is 5.38. The highest BCUT2D eigenvalue weighted by atomic mass is 32.1. The monoisotopic (exact) mass is 311 g/mol. The third kappa shape index (κ3) is 3.34. The molecule has 0 atom stereocenters. The number of fused-ring (bicyclic) bond motifs is 1. The molecule has 112 valence electrons. The zero-order valence-corrected chi connectivity index (χ0v) is 13.1. The molecule has 0 unspecified atom stereocenters. The van der Waals surface area contributed by atoms with Crippen LogP contribution in [0.15, 0.2) is 24.3 Å². The Morgan fingerprint density at radius 1 is 1.27 bits per heavy atom. The van der Waals surface area contributed by atoms with Crippen molar-refractivity contribution in [3.05, 3.63) is 51.0 Å². The van der Waals surface area contributed by atoms with Crippen molar-refractivity contribution < 1.29 is 4.79 Å². The van der Waals surface area contributed by atoms with Crippen molar-refractivity contribution in [3.8, 4) is 6.07 Å². The van der Waals surface area contributed by atoms with Gasteiger partial charge in [0, 0.05) is 23.4 Å². The molecule has 1 N–H and O–H groups in total. The van der Waals surface area contributed by atoms with Gasteiger partial charge in [0.05, 0.1) is 22.3 Å². The average Bonchev–Trinajstić information content (AvgIpc) is 2.97. The van der Waals surface area contributed by atoms with Gasteiger partial charge in [0.1, 0.15) is 0 Å². The van der Waals surface area contributed by atoms with Crippen molar-refractivity contribution in [1.29, 1.82) is 5.26 Å². The Morgan fingerprint density at radius 3 is 2.77 bits per heavy atom. The predicted octanol–water partition coefficient (Wildman–Crippen LogP) is 2.87. The van der Waals surface area contributed by atoms with E-state index in [2.05, 4.69) is 10.3 Å². The highest BCUT2D eigenvalue weighted by Crippen LogP contribution is 2.26. The van der Waals surface area contributed by atoms with Crippen LogP contribution in [0.3, 0.4) is 0 Å². The number of aromatic nitrogens is 1. The van der Waals surface area contributed by atoms with Crippen LogP contribution in [-0.2, 0) is 19.3 Å². The molecule has 1 aliphatic carbocycles. The minimum atomic E-state index is -0.106. The second kappa shape index (κ2) is 6.71. The molecule has 0 radical (unpaired) electrons. The highest BCUT2D eigenvalue weighted by molar-refractivity contribution is 7.11. The van der Waals surface area contributed by atoms with Crippen LogP contribution in [0.1, 0.15) is 44.3 Å². The fraction of sp³-hybridized carbons (Fsp3) is 0.353. The summed E-state index contributed by atoms with van der Waals surface area (Å²) in [6.07, 6.45) is 5.55. The maximum atomic E-state index is 12.0. The molecule has 0 spiro atoms. The highest BCUT2D eigenvalue weighted by Gasteiger charge is 2.15. The van der Waals surface area contributed by atoms with Gasteiger partial charge in [-0.1, -0.05) is 0 Å². The number of aryl methyl sites for hydroxylation is 2. The van der Waals surface area contributed by atoms with E-state index < -0.39 is 0 Å². The number of carbonyl (C=O) groups excluding carboxylic acids is 1. The van der Waals surface area contributed by atoms with E-state index in [4.69, 9.17) is 5.26 Å². The predicted molar refractivity (Wildman–Crippen MR) is 86.0 cm³/mol. The lowest BCUT2D eigenvalue weighted by atomic mass is 10.0. The van der Waals surface area contributed by atoms with E-state index in [0.29, 0.717) is 17.7 Å². The lowest BCUT2D eigenvalue weighted by Gasteiger charge is -2.06. The Morgan fingerprint density at radius 2 is 2.05 bits per heavy atom. The van der Waals surface area contributed by atoms with Gasteiger partial charge in [-0.05, 0) is 49.9 Å². The first kappa shape index (κ1) is 14.7. The first-order valence-corrected chi connectivity index (χ1v) is 8.34. The van der Waals surface area contributed by atoms with Crippen LogP contribution >= 0.6 is 11.3 Å². The van der Waals surface area contributed by atoms with Gasteiger partial charge in [-0.3, -0.25) is 4.79 Å². The summed E-state index contributed by atoms with van der Waals surface area (Å²) in [7, 11) is 0. The first-order chi connectivity index (χ1) is 10.8. The average molecular weight is 311 g/mol. The Balaban J connectivity index is 1.53. The van der Waals surface area contributed by atoms with Crippen molar-refractivity contribution in [1.82, 2.24) is 10.3 Å². The number of rotatable bonds is 4. The molecule has 0 saturated carbocycles. The van der Waals surface area contributed by atoms with Crippen molar-refractivity contribution in [2.75, 3.05) is 6.54 Å². The van der Waals surface area contributed by atoms with Gasteiger partial charge < -0.3 is 5.32 Å². The minimum Gasteiger partial charge on any atom is -0.352 e. The summed E-state index contributed by atoms with van der Waals surface area (Å²) in [4.78, 5) is 18.1. The lowest BCUT2D eigenvalue weighted by molar-refractivity contribution is 0.0954. The van der Waals surface area contributed by atoms with Gasteiger partial charge in [0.15, 0.2) is 0 Å². The fourth-order valence-electron chi connectivity index (χ4n) is 2.59. The summed E-state index contributed by atoms with van der Waals surface area (Å²) in [6.45, 7) is 0.589. The number of hydrogen-bond acceptors (Lipinski definition) is 4. The number of hydrogen-bond donors (Lipinski definition) is 1. The SMILES string of the molecule is N#Cc1ccc(C(=O)NCCc2nc3c(s2)CCCC3)cc1. The Kier molecular flexibility index (Phi) is 4.50. The number of benzene rings is 1. The zero-order chi connectivity index (χ0) is 15.4. The molecule has 5 heteroatoms. The van der Waals surface area contributed by atoms with E-state index in [9.17, 15) is 4.79 Å². The van der Waals surface area contributed by atoms with Crippen LogP contribution < -0.4 is 5.32 Å². The Hall–Kier alpha value is -2.19. The molecule has 0 saturated heterocycles. The van der Waals surface area contributed by atoms with E-state index in [-0.39, 0.29) is 5.91 Å². The van der Waals surface area contributed by atoms with Crippen molar-refractivity contribution >= 4 is 17.2 Å². The van der Waals surface area contributed by atoms with Crippen LogP contribution in [0.5, 0.6) is 0 Å². The van der Waals surface area contributed by atoms with E-state index in [0.717, 1.165) is 24.3 Å². The van der Waals surface area contributed by atoms with Gasteiger partial charge in [-0.2, -0.15) is 5.26 Å². The van der Waals surface area contributed by atoms with Gasteiger partial charge >= 0.3 is 0 Å². The third-order valence-corrected chi connectivity index (χ3v) is 5.01. The van der Waals surface area contributed by atoms with E-state index in [1.54, 1.807) is 35.6 Å². The molecule has 1 aromatic heterocycles. The lowest BCUT2D eigenvalue weighted by Crippen LogP contribution is -2.25. The van der Waals surface area contributed by atoms with Crippen LogP contribution in [0.4, 0.5) is 0 Å². The minimum absolute atomic E-state index is 0.106. The smallest absolute Gasteiger partial charge is 0.251 e. The summed E-state index contributed by atoms with van der Waals surface area (Å²) < 4.78 is 0. The fourth-order valence-corrected chi connectivity index (χ4v) is 3.75. The van der Waals surface area contributed by atoms with Crippen LogP contribution in [-0.4, -0.2) is 17.4 Å². The number of nitriles is 1. The Bertz CT molecular complexity index is 689. The maximum absolute atomic E-state index is 12.0. The standard InChI is InChI=1S/C17H17N3OS/c18-11-12-5-7-13(8-6-12)17(21)19-10-9-16-20-14-3-1-2-4-15(14)22-16/h5-8H,1-4,9-10H2,(H,19,21). The largest absolute Gasteiger partial charge is 0.352 e. The van der Waals surface area contributed by atoms with Gasteiger partial charge in [0.2, 0.25) is 0 Å².